The van der Waals surface area contributed by atoms with E-state index in [9.17, 15) is 18.0 Å². The molecule has 0 aliphatic carbocycles. The van der Waals surface area contributed by atoms with Crippen molar-refractivity contribution >= 4 is 54.8 Å². The second-order valence-electron chi connectivity index (χ2n) is 7.19. The van der Waals surface area contributed by atoms with Crippen molar-refractivity contribution in [2.75, 3.05) is 13.2 Å². The minimum atomic E-state index is -3.73. The van der Waals surface area contributed by atoms with Gasteiger partial charge in [0.05, 0.1) is 22.4 Å². The standard InChI is InChI=1S/C21H23N3O5S3/c1-3-23-15-10-9-14(20(26)29-4-2)13-17(15)31-21(23)22-19(25)16-7-5-11-24(16)32(27,28)18-8-6-12-30-18/h6,8-10,12-13,16H,3-5,7,11H2,1-2H3. The van der Waals surface area contributed by atoms with Gasteiger partial charge in [-0.2, -0.15) is 9.30 Å². The normalized spacial score (nSPS) is 17.8. The molecule has 1 unspecified atom stereocenters. The number of nitrogens with zero attached hydrogens (tertiary/aromatic N) is 3. The molecule has 0 bridgehead atoms. The third kappa shape index (κ3) is 4.17. The van der Waals surface area contributed by atoms with Gasteiger partial charge in [0.1, 0.15) is 10.3 Å². The zero-order valence-electron chi connectivity index (χ0n) is 17.7. The van der Waals surface area contributed by atoms with Gasteiger partial charge in [-0.3, -0.25) is 4.79 Å². The highest BCUT2D eigenvalue weighted by atomic mass is 32.2. The van der Waals surface area contributed by atoms with E-state index in [1.54, 1.807) is 36.6 Å². The molecule has 1 aliphatic rings. The summed E-state index contributed by atoms with van der Waals surface area (Å²) in [6, 6.07) is 7.66. The molecular weight excluding hydrogens is 470 g/mol. The Kier molecular flexibility index (Phi) is 6.61. The first-order valence-electron chi connectivity index (χ1n) is 10.3. The third-order valence-electron chi connectivity index (χ3n) is 5.26. The Morgan fingerprint density at radius 3 is 2.75 bits per heavy atom. The minimum Gasteiger partial charge on any atom is -0.462 e. The molecule has 1 saturated heterocycles. The van der Waals surface area contributed by atoms with Crippen LogP contribution in [0.25, 0.3) is 10.2 Å². The number of ether oxygens (including phenoxy) is 1. The summed E-state index contributed by atoms with van der Waals surface area (Å²) < 4.78 is 35.2. The summed E-state index contributed by atoms with van der Waals surface area (Å²) in [4.78, 5) is 30.0. The molecule has 1 aromatic carbocycles. The van der Waals surface area contributed by atoms with E-state index >= 15 is 0 Å². The maximum atomic E-state index is 13.1. The van der Waals surface area contributed by atoms with Crippen LogP contribution in [0.15, 0.2) is 44.9 Å². The molecule has 0 spiro atoms. The van der Waals surface area contributed by atoms with Crippen LogP contribution in [0, 0.1) is 0 Å². The SMILES string of the molecule is CCOC(=O)c1ccc2c(c1)sc(=NC(=O)C1CCCN1S(=O)(=O)c1cccs1)n2CC. The predicted octanol–water partition coefficient (Wildman–Crippen LogP) is 3.24. The Hall–Kier alpha value is -2.34. The van der Waals surface area contributed by atoms with Crippen LogP contribution in [0.2, 0.25) is 0 Å². The molecule has 170 valence electrons. The summed E-state index contributed by atoms with van der Waals surface area (Å²) >= 11 is 2.43. The Labute approximate surface area is 193 Å². The first-order chi connectivity index (χ1) is 15.4. The maximum absolute atomic E-state index is 13.1. The number of amides is 1. The number of fused-ring (bicyclic) bond motifs is 1. The van der Waals surface area contributed by atoms with E-state index in [2.05, 4.69) is 4.99 Å². The van der Waals surface area contributed by atoms with Crippen molar-refractivity contribution < 1.29 is 22.7 Å². The first-order valence-corrected chi connectivity index (χ1v) is 13.4. The topological polar surface area (TPSA) is 98.0 Å². The molecule has 0 radical (unpaired) electrons. The van der Waals surface area contributed by atoms with E-state index in [0.717, 1.165) is 21.6 Å². The lowest BCUT2D eigenvalue weighted by Gasteiger charge is -2.20. The number of esters is 1. The summed E-state index contributed by atoms with van der Waals surface area (Å²) in [7, 11) is -3.73. The van der Waals surface area contributed by atoms with Crippen LogP contribution in [-0.2, 0) is 26.1 Å². The lowest BCUT2D eigenvalue weighted by Crippen LogP contribution is -2.40. The van der Waals surface area contributed by atoms with Gasteiger partial charge < -0.3 is 9.30 Å². The molecular formula is C21H23N3O5S3. The van der Waals surface area contributed by atoms with Crippen LogP contribution in [0.5, 0.6) is 0 Å². The number of sulfonamides is 1. The van der Waals surface area contributed by atoms with Crippen LogP contribution in [0.3, 0.4) is 0 Å². The van der Waals surface area contributed by atoms with Gasteiger partial charge in [-0.05, 0) is 56.3 Å². The van der Waals surface area contributed by atoms with Gasteiger partial charge in [0.15, 0.2) is 4.80 Å². The Morgan fingerprint density at radius 2 is 2.06 bits per heavy atom. The molecule has 1 aliphatic heterocycles. The number of carbonyl (C=O) groups excluding carboxylic acids is 2. The summed E-state index contributed by atoms with van der Waals surface area (Å²) in [5, 5.41) is 1.70. The molecule has 8 nitrogen and oxygen atoms in total. The lowest BCUT2D eigenvalue weighted by molar-refractivity contribution is -0.121. The van der Waals surface area contributed by atoms with Crippen molar-refractivity contribution in [1.29, 1.82) is 0 Å². The van der Waals surface area contributed by atoms with Crippen molar-refractivity contribution in [3.63, 3.8) is 0 Å². The summed E-state index contributed by atoms with van der Waals surface area (Å²) in [6.45, 7) is 4.86. The number of aromatic nitrogens is 1. The highest BCUT2D eigenvalue weighted by molar-refractivity contribution is 7.91. The maximum Gasteiger partial charge on any atom is 0.338 e. The van der Waals surface area contributed by atoms with E-state index in [1.807, 2.05) is 17.6 Å². The average molecular weight is 494 g/mol. The highest BCUT2D eigenvalue weighted by Gasteiger charge is 2.39. The second kappa shape index (κ2) is 9.26. The monoisotopic (exact) mass is 493 g/mol. The lowest BCUT2D eigenvalue weighted by atomic mass is 10.2. The largest absolute Gasteiger partial charge is 0.462 e. The van der Waals surface area contributed by atoms with E-state index in [-0.39, 0.29) is 10.8 Å². The fraction of sp³-hybridized carbons (Fsp3) is 0.381. The van der Waals surface area contributed by atoms with Gasteiger partial charge >= 0.3 is 5.97 Å². The number of thiophene rings is 1. The second-order valence-corrected chi connectivity index (χ2v) is 11.3. The number of hydrogen-bond donors (Lipinski definition) is 0. The molecule has 3 heterocycles. The van der Waals surface area contributed by atoms with Gasteiger partial charge in [-0.15, -0.1) is 11.3 Å². The number of aryl methyl sites for hydroxylation is 1. The molecule has 11 heteroatoms. The quantitative estimate of drug-likeness (QED) is 0.491. The van der Waals surface area contributed by atoms with Crippen LogP contribution >= 0.6 is 22.7 Å². The van der Waals surface area contributed by atoms with E-state index in [4.69, 9.17) is 4.74 Å². The van der Waals surface area contributed by atoms with Crippen molar-refractivity contribution in [1.82, 2.24) is 8.87 Å². The van der Waals surface area contributed by atoms with Gasteiger partial charge in [-0.1, -0.05) is 17.4 Å². The number of thiazole rings is 1. The average Bonchev–Trinajstić information content (AvgIpc) is 3.52. The Balaban J connectivity index is 1.70. The molecule has 3 aromatic rings. The molecule has 0 saturated carbocycles. The van der Waals surface area contributed by atoms with Crippen LogP contribution in [-0.4, -0.2) is 48.4 Å². The zero-order chi connectivity index (χ0) is 22.9. The van der Waals surface area contributed by atoms with Crippen LogP contribution < -0.4 is 4.80 Å². The number of rotatable bonds is 6. The molecule has 0 N–H and O–H groups in total. The van der Waals surface area contributed by atoms with Gasteiger partial charge in [0, 0.05) is 13.1 Å². The summed E-state index contributed by atoms with van der Waals surface area (Å²) in [6.07, 6.45) is 1.05. The van der Waals surface area contributed by atoms with E-state index < -0.39 is 27.9 Å². The molecule has 1 amide bonds. The fourth-order valence-electron chi connectivity index (χ4n) is 3.77. The first kappa shape index (κ1) is 22.8. The summed E-state index contributed by atoms with van der Waals surface area (Å²) in [5.41, 5.74) is 1.29. The third-order valence-corrected chi connectivity index (χ3v) is 9.59. The smallest absolute Gasteiger partial charge is 0.338 e. The van der Waals surface area contributed by atoms with E-state index in [0.29, 0.717) is 36.3 Å². The Morgan fingerprint density at radius 1 is 1.25 bits per heavy atom. The molecule has 1 atom stereocenters. The Bertz CT molecular complexity index is 1320. The van der Waals surface area contributed by atoms with Crippen molar-refractivity contribution in [2.24, 2.45) is 4.99 Å². The van der Waals surface area contributed by atoms with Gasteiger partial charge in [0.2, 0.25) is 0 Å². The van der Waals surface area contributed by atoms with E-state index in [1.165, 1.54) is 15.6 Å². The zero-order valence-corrected chi connectivity index (χ0v) is 20.1. The molecule has 4 rings (SSSR count). The molecule has 32 heavy (non-hydrogen) atoms. The number of hydrogen-bond acceptors (Lipinski definition) is 7. The number of carbonyl (C=O) groups is 2. The molecule has 1 fully saturated rings. The fourth-order valence-corrected chi connectivity index (χ4v) is 7.68. The van der Waals surface area contributed by atoms with Crippen molar-refractivity contribution in [2.45, 2.75) is 43.5 Å². The molecule has 2 aromatic heterocycles. The number of benzene rings is 1. The van der Waals surface area contributed by atoms with Gasteiger partial charge in [0.25, 0.3) is 15.9 Å². The van der Waals surface area contributed by atoms with Crippen LogP contribution in [0.4, 0.5) is 0 Å². The predicted molar refractivity (Wildman–Crippen MR) is 123 cm³/mol. The van der Waals surface area contributed by atoms with Crippen LogP contribution in [0.1, 0.15) is 37.0 Å². The minimum absolute atomic E-state index is 0.231. The highest BCUT2D eigenvalue weighted by Crippen LogP contribution is 2.29. The van der Waals surface area contributed by atoms with Crippen molar-refractivity contribution in [3.8, 4) is 0 Å². The van der Waals surface area contributed by atoms with Gasteiger partial charge in [-0.25, -0.2) is 13.2 Å². The van der Waals surface area contributed by atoms with Crippen molar-refractivity contribution in [3.05, 3.63) is 46.1 Å². The summed E-state index contributed by atoms with van der Waals surface area (Å²) in [5.74, 6) is -0.872.